The minimum absolute atomic E-state index is 0.0810. The summed E-state index contributed by atoms with van der Waals surface area (Å²) < 4.78 is 60.5. The fourth-order valence-electron chi connectivity index (χ4n) is 3.41. The molecule has 5 nitrogen and oxygen atoms in total. The van der Waals surface area contributed by atoms with Gasteiger partial charge in [-0.15, -0.1) is 0 Å². The number of cyclic esters (lactones) is 1. The standard InChI is InChI=1S/C20H17F4N3O2/c1-20(23,24)7-6-11-2-4-13(18(22)17(11)21)16-9-29-19(28)27(16)12-3-5-14-15(8-12)26-10-25-14/h2-5,8,10,16H,6-7,9H2,1H3,(H,25,26). The lowest BCUT2D eigenvalue weighted by Crippen LogP contribution is -2.28. The second-order valence-electron chi connectivity index (χ2n) is 7.08. The Kier molecular flexibility index (Phi) is 4.68. The minimum Gasteiger partial charge on any atom is -0.447 e. The van der Waals surface area contributed by atoms with Crippen LogP contribution in [0.4, 0.5) is 28.0 Å². The van der Waals surface area contributed by atoms with Crippen LogP contribution in [0.5, 0.6) is 0 Å². The number of hydrogen-bond donors (Lipinski definition) is 1. The number of nitrogens with zero attached hydrogens (tertiary/aromatic N) is 2. The number of aromatic nitrogens is 2. The van der Waals surface area contributed by atoms with Gasteiger partial charge in [-0.05, 0) is 37.1 Å². The fourth-order valence-corrected chi connectivity index (χ4v) is 3.41. The molecule has 0 radical (unpaired) electrons. The van der Waals surface area contributed by atoms with Crippen molar-refractivity contribution < 1.29 is 27.1 Å². The third-order valence-electron chi connectivity index (χ3n) is 4.94. The topological polar surface area (TPSA) is 58.2 Å². The second kappa shape index (κ2) is 7.06. The lowest BCUT2D eigenvalue weighted by Gasteiger charge is -2.23. The van der Waals surface area contributed by atoms with Crippen molar-refractivity contribution in [2.75, 3.05) is 11.5 Å². The number of nitrogens with one attached hydrogen (secondary N) is 1. The number of imidazole rings is 1. The molecule has 1 N–H and O–H groups in total. The molecule has 4 rings (SSSR count). The summed E-state index contributed by atoms with van der Waals surface area (Å²) in [6, 6.07) is 6.69. The Hall–Kier alpha value is -3.10. The molecule has 0 saturated carbocycles. The zero-order valence-corrected chi connectivity index (χ0v) is 15.4. The fraction of sp³-hybridized carbons (Fsp3) is 0.300. The van der Waals surface area contributed by atoms with Gasteiger partial charge in [0.25, 0.3) is 0 Å². The van der Waals surface area contributed by atoms with Crippen LogP contribution in [0.25, 0.3) is 11.0 Å². The lowest BCUT2D eigenvalue weighted by molar-refractivity contribution is 0.0131. The number of anilines is 1. The first kappa shape index (κ1) is 19.2. The number of halogens is 4. The van der Waals surface area contributed by atoms with Crippen molar-refractivity contribution in [1.82, 2.24) is 9.97 Å². The Morgan fingerprint density at radius 2 is 2.03 bits per heavy atom. The predicted octanol–water partition coefficient (Wildman–Crippen LogP) is 5.13. The van der Waals surface area contributed by atoms with Crippen LogP contribution in [0.15, 0.2) is 36.7 Å². The Morgan fingerprint density at radius 3 is 2.79 bits per heavy atom. The summed E-state index contributed by atoms with van der Waals surface area (Å²) in [4.78, 5) is 20.6. The summed E-state index contributed by atoms with van der Waals surface area (Å²) >= 11 is 0. The van der Waals surface area contributed by atoms with Gasteiger partial charge < -0.3 is 9.72 Å². The quantitative estimate of drug-likeness (QED) is 0.597. The molecule has 0 aliphatic carbocycles. The maximum Gasteiger partial charge on any atom is 0.415 e. The zero-order chi connectivity index (χ0) is 20.8. The van der Waals surface area contributed by atoms with E-state index in [0.717, 1.165) is 12.4 Å². The molecule has 0 spiro atoms. The van der Waals surface area contributed by atoms with Crippen LogP contribution >= 0.6 is 0 Å². The number of rotatable bonds is 5. The van der Waals surface area contributed by atoms with E-state index in [1.54, 1.807) is 18.2 Å². The van der Waals surface area contributed by atoms with Crippen LogP contribution in [0.1, 0.15) is 30.5 Å². The van der Waals surface area contributed by atoms with Gasteiger partial charge in [0.1, 0.15) is 12.6 Å². The van der Waals surface area contributed by atoms with Crippen LogP contribution in [-0.4, -0.2) is 28.6 Å². The maximum atomic E-state index is 14.8. The summed E-state index contributed by atoms with van der Waals surface area (Å²) in [5.41, 5.74) is 1.56. The molecule has 2 heterocycles. The van der Waals surface area contributed by atoms with Crippen LogP contribution in [-0.2, 0) is 11.2 Å². The Morgan fingerprint density at radius 1 is 1.24 bits per heavy atom. The number of carbonyl (C=O) groups excluding carboxylic acids is 1. The van der Waals surface area contributed by atoms with Gasteiger partial charge in [-0.25, -0.2) is 27.3 Å². The van der Waals surface area contributed by atoms with Crippen molar-refractivity contribution in [3.8, 4) is 0 Å². The number of fused-ring (bicyclic) bond motifs is 1. The molecule has 1 atom stereocenters. The number of benzene rings is 2. The highest BCUT2D eigenvalue weighted by atomic mass is 19.3. The van der Waals surface area contributed by atoms with Crippen molar-refractivity contribution in [3.05, 3.63) is 59.4 Å². The SMILES string of the molecule is CC(F)(F)CCc1ccc(C2COC(=O)N2c2ccc3[nH]cnc3c2)c(F)c1F. The predicted molar refractivity (Wildman–Crippen MR) is 98.0 cm³/mol. The molecule has 29 heavy (non-hydrogen) atoms. The van der Waals surface area contributed by atoms with E-state index in [0.29, 0.717) is 11.2 Å². The highest BCUT2D eigenvalue weighted by Crippen LogP contribution is 2.36. The molecule has 1 fully saturated rings. The monoisotopic (exact) mass is 407 g/mol. The molecule has 3 aromatic rings. The van der Waals surface area contributed by atoms with Crippen molar-refractivity contribution in [1.29, 1.82) is 0 Å². The maximum absolute atomic E-state index is 14.8. The average Bonchev–Trinajstić information content (AvgIpc) is 3.28. The normalized spacial score (nSPS) is 17.2. The molecule has 0 bridgehead atoms. The number of alkyl halides is 2. The Bertz CT molecular complexity index is 1080. The third-order valence-corrected chi connectivity index (χ3v) is 4.94. The van der Waals surface area contributed by atoms with Crippen LogP contribution in [0, 0.1) is 11.6 Å². The first-order chi connectivity index (χ1) is 13.7. The van der Waals surface area contributed by atoms with E-state index in [9.17, 15) is 22.4 Å². The number of hydrogen-bond acceptors (Lipinski definition) is 3. The van der Waals surface area contributed by atoms with Gasteiger partial charge in [0, 0.05) is 12.0 Å². The largest absolute Gasteiger partial charge is 0.447 e. The van der Waals surface area contributed by atoms with E-state index in [1.807, 2.05) is 0 Å². The van der Waals surface area contributed by atoms with E-state index < -0.39 is 36.1 Å². The molecule has 1 unspecified atom stereocenters. The molecule has 152 valence electrons. The highest BCUT2D eigenvalue weighted by molar-refractivity contribution is 5.93. The number of ether oxygens (including phenoxy) is 1. The van der Waals surface area contributed by atoms with Crippen molar-refractivity contribution >= 4 is 22.8 Å². The van der Waals surface area contributed by atoms with Crippen LogP contribution in [0.2, 0.25) is 0 Å². The molecular weight excluding hydrogens is 390 g/mol. The summed E-state index contributed by atoms with van der Waals surface area (Å²) in [6.07, 6.45) is -0.0863. The molecule has 2 aromatic carbocycles. The smallest absolute Gasteiger partial charge is 0.415 e. The summed E-state index contributed by atoms with van der Waals surface area (Å²) in [5, 5.41) is 0. The first-order valence-corrected chi connectivity index (χ1v) is 8.98. The van der Waals surface area contributed by atoms with Gasteiger partial charge in [0.05, 0.1) is 23.0 Å². The summed E-state index contributed by atoms with van der Waals surface area (Å²) in [6.45, 7) is 0.561. The Labute approximate surface area is 163 Å². The van der Waals surface area contributed by atoms with Gasteiger partial charge in [0.2, 0.25) is 5.92 Å². The van der Waals surface area contributed by atoms with Gasteiger partial charge in [-0.3, -0.25) is 4.90 Å². The highest BCUT2D eigenvalue weighted by Gasteiger charge is 2.38. The molecular formula is C20H17F4N3O2. The van der Waals surface area contributed by atoms with Gasteiger partial charge in [0.15, 0.2) is 11.6 Å². The van der Waals surface area contributed by atoms with Crippen LogP contribution < -0.4 is 4.90 Å². The molecule has 1 saturated heterocycles. The van der Waals surface area contributed by atoms with Gasteiger partial charge in [-0.1, -0.05) is 12.1 Å². The van der Waals surface area contributed by atoms with E-state index in [2.05, 4.69) is 9.97 Å². The average molecular weight is 407 g/mol. The molecule has 1 aliphatic rings. The summed E-state index contributed by atoms with van der Waals surface area (Å²) in [7, 11) is 0. The zero-order valence-electron chi connectivity index (χ0n) is 15.4. The van der Waals surface area contributed by atoms with Crippen LogP contribution in [0.3, 0.4) is 0 Å². The molecule has 1 aliphatic heterocycles. The van der Waals surface area contributed by atoms with Crippen molar-refractivity contribution in [2.45, 2.75) is 31.7 Å². The van der Waals surface area contributed by atoms with Gasteiger partial charge in [-0.2, -0.15) is 0 Å². The Balaban J connectivity index is 1.67. The number of aromatic amines is 1. The minimum atomic E-state index is -2.98. The number of H-pyrrole nitrogens is 1. The molecule has 1 amide bonds. The lowest BCUT2D eigenvalue weighted by atomic mass is 9.99. The second-order valence-corrected chi connectivity index (χ2v) is 7.08. The van der Waals surface area contributed by atoms with Crippen molar-refractivity contribution in [3.63, 3.8) is 0 Å². The number of aryl methyl sites for hydroxylation is 1. The van der Waals surface area contributed by atoms with E-state index in [1.165, 1.54) is 23.4 Å². The number of amides is 1. The molecule has 1 aromatic heterocycles. The van der Waals surface area contributed by atoms with Crippen molar-refractivity contribution in [2.24, 2.45) is 0 Å². The van der Waals surface area contributed by atoms with E-state index in [-0.39, 0.29) is 24.2 Å². The van der Waals surface area contributed by atoms with E-state index >= 15 is 0 Å². The summed E-state index contributed by atoms with van der Waals surface area (Å²) in [5.74, 6) is -5.33. The van der Waals surface area contributed by atoms with Gasteiger partial charge >= 0.3 is 6.09 Å². The van der Waals surface area contributed by atoms with E-state index in [4.69, 9.17) is 4.74 Å². The number of carbonyl (C=O) groups is 1. The molecule has 9 heteroatoms. The first-order valence-electron chi connectivity index (χ1n) is 8.98. The third kappa shape index (κ3) is 3.64.